The van der Waals surface area contributed by atoms with E-state index in [9.17, 15) is 4.79 Å². The predicted octanol–water partition coefficient (Wildman–Crippen LogP) is 5.72. The molecule has 1 aliphatic heterocycles. The standard InChI is InChI=1S/C25H37N3OS/c1-5-28(24(29)26-20-7-6-8-22(16-20)30-4)21-11-13-27(14-12-21)17-18-9-10-19-15-23(18)25(19,2)3/h6-9,16,19,21,23H,5,10-15,17H2,1-4H3,(H,26,29). The van der Waals surface area contributed by atoms with Gasteiger partial charge < -0.3 is 10.2 Å². The zero-order valence-electron chi connectivity index (χ0n) is 19.0. The van der Waals surface area contributed by atoms with Crippen LogP contribution in [0.1, 0.15) is 46.5 Å². The highest BCUT2D eigenvalue weighted by molar-refractivity contribution is 7.98. The Morgan fingerprint density at radius 2 is 2.07 bits per heavy atom. The summed E-state index contributed by atoms with van der Waals surface area (Å²) in [6, 6.07) is 8.45. The summed E-state index contributed by atoms with van der Waals surface area (Å²) < 4.78 is 0. The molecule has 2 bridgehead atoms. The van der Waals surface area contributed by atoms with Gasteiger partial charge in [0.25, 0.3) is 0 Å². The second-order valence-corrected chi connectivity index (χ2v) is 10.7. The third-order valence-corrected chi connectivity index (χ3v) is 8.63. The molecule has 2 fully saturated rings. The van der Waals surface area contributed by atoms with Gasteiger partial charge in [0.1, 0.15) is 0 Å². The number of rotatable bonds is 6. The second kappa shape index (κ2) is 8.96. The summed E-state index contributed by atoms with van der Waals surface area (Å²) in [5.74, 6) is 1.70. The summed E-state index contributed by atoms with van der Waals surface area (Å²) in [6.45, 7) is 11.1. The first-order valence-corrected chi connectivity index (χ1v) is 12.8. The number of nitrogens with one attached hydrogen (secondary N) is 1. The zero-order chi connectivity index (χ0) is 21.3. The molecule has 1 saturated carbocycles. The van der Waals surface area contributed by atoms with Gasteiger partial charge in [-0.25, -0.2) is 4.79 Å². The number of fused-ring (bicyclic) bond motifs is 1. The summed E-state index contributed by atoms with van der Waals surface area (Å²) >= 11 is 1.69. The van der Waals surface area contributed by atoms with E-state index < -0.39 is 0 Å². The molecule has 4 nitrogen and oxygen atoms in total. The van der Waals surface area contributed by atoms with Crippen molar-refractivity contribution in [3.05, 3.63) is 35.9 Å². The Morgan fingerprint density at radius 1 is 1.30 bits per heavy atom. The number of urea groups is 1. The van der Waals surface area contributed by atoms with Crippen LogP contribution in [-0.2, 0) is 0 Å². The normalized spacial score (nSPS) is 25.9. The number of carbonyl (C=O) groups is 1. The molecule has 30 heavy (non-hydrogen) atoms. The molecule has 0 radical (unpaired) electrons. The Bertz CT molecular complexity index is 797. The van der Waals surface area contributed by atoms with Crippen molar-refractivity contribution in [2.45, 2.75) is 57.4 Å². The largest absolute Gasteiger partial charge is 0.322 e. The molecule has 164 valence electrons. The van der Waals surface area contributed by atoms with Crippen molar-refractivity contribution < 1.29 is 4.79 Å². The number of thioether (sulfide) groups is 1. The number of piperidine rings is 1. The lowest BCUT2D eigenvalue weighted by molar-refractivity contribution is -0.0117. The van der Waals surface area contributed by atoms with Crippen molar-refractivity contribution >= 4 is 23.5 Å². The van der Waals surface area contributed by atoms with Crippen LogP contribution in [0.5, 0.6) is 0 Å². The van der Waals surface area contributed by atoms with Crippen LogP contribution in [0.25, 0.3) is 0 Å². The van der Waals surface area contributed by atoms with Crippen molar-refractivity contribution in [1.29, 1.82) is 0 Å². The molecule has 2 atom stereocenters. The van der Waals surface area contributed by atoms with Gasteiger partial charge in [-0.05, 0) is 74.3 Å². The van der Waals surface area contributed by atoms with Crippen molar-refractivity contribution in [3.8, 4) is 0 Å². The first-order valence-electron chi connectivity index (χ1n) is 11.5. The van der Waals surface area contributed by atoms with Gasteiger partial charge in [0.05, 0.1) is 0 Å². The minimum atomic E-state index is 0.0338. The fourth-order valence-corrected chi connectivity index (χ4v) is 6.23. The number of nitrogens with zero attached hydrogens (tertiary/aromatic N) is 2. The van der Waals surface area contributed by atoms with E-state index in [2.05, 4.69) is 49.4 Å². The number of carbonyl (C=O) groups excluding carboxylic acids is 1. The Hall–Kier alpha value is -1.46. The fourth-order valence-electron chi connectivity index (χ4n) is 5.77. The maximum atomic E-state index is 12.9. The van der Waals surface area contributed by atoms with Crippen LogP contribution in [0.15, 0.2) is 40.8 Å². The molecule has 1 heterocycles. The van der Waals surface area contributed by atoms with E-state index in [0.717, 1.165) is 56.5 Å². The number of benzene rings is 1. The molecular formula is C25H37N3OS. The maximum absolute atomic E-state index is 12.9. The second-order valence-electron chi connectivity index (χ2n) is 9.78. The Balaban J connectivity index is 1.30. The molecule has 4 aliphatic rings. The van der Waals surface area contributed by atoms with E-state index in [0.29, 0.717) is 11.5 Å². The fraction of sp³-hybridized carbons (Fsp3) is 0.640. The average Bonchev–Trinajstić information content (AvgIpc) is 2.75. The summed E-state index contributed by atoms with van der Waals surface area (Å²) in [6.07, 6.45) is 9.39. The van der Waals surface area contributed by atoms with E-state index in [1.807, 2.05) is 23.1 Å². The Kier molecular flexibility index (Phi) is 6.50. The third kappa shape index (κ3) is 4.29. The first-order chi connectivity index (χ1) is 14.4. The molecule has 1 aromatic rings. The summed E-state index contributed by atoms with van der Waals surface area (Å²) in [4.78, 5) is 18.8. The molecule has 0 spiro atoms. The summed E-state index contributed by atoms with van der Waals surface area (Å²) in [5, 5.41) is 3.11. The molecule has 3 aliphatic carbocycles. The van der Waals surface area contributed by atoms with Crippen LogP contribution in [0, 0.1) is 17.3 Å². The molecule has 5 rings (SSSR count). The van der Waals surface area contributed by atoms with Crippen LogP contribution >= 0.6 is 11.8 Å². The lowest BCUT2D eigenvalue weighted by Gasteiger charge is -2.57. The highest BCUT2D eigenvalue weighted by atomic mass is 32.2. The molecule has 2 amide bonds. The van der Waals surface area contributed by atoms with Crippen LogP contribution in [0.3, 0.4) is 0 Å². The van der Waals surface area contributed by atoms with Gasteiger partial charge in [0.2, 0.25) is 0 Å². The molecule has 1 N–H and O–H groups in total. The molecule has 0 aromatic heterocycles. The highest BCUT2D eigenvalue weighted by Crippen LogP contribution is 2.59. The molecular weight excluding hydrogens is 390 g/mol. The third-order valence-electron chi connectivity index (χ3n) is 7.91. The van der Waals surface area contributed by atoms with Gasteiger partial charge in [0, 0.05) is 42.8 Å². The van der Waals surface area contributed by atoms with Crippen LogP contribution in [-0.4, -0.2) is 54.3 Å². The zero-order valence-corrected chi connectivity index (χ0v) is 19.8. The van der Waals surface area contributed by atoms with Crippen molar-refractivity contribution in [1.82, 2.24) is 9.80 Å². The van der Waals surface area contributed by atoms with Gasteiger partial charge in [0.15, 0.2) is 0 Å². The molecule has 1 saturated heterocycles. The van der Waals surface area contributed by atoms with Crippen LogP contribution < -0.4 is 5.32 Å². The lowest BCUT2D eigenvalue weighted by Crippen LogP contribution is -2.52. The number of allylic oxidation sites excluding steroid dienone is 1. The average molecular weight is 428 g/mol. The minimum absolute atomic E-state index is 0.0338. The van der Waals surface area contributed by atoms with Gasteiger partial charge in [-0.3, -0.25) is 4.90 Å². The number of amides is 2. The summed E-state index contributed by atoms with van der Waals surface area (Å²) in [7, 11) is 0. The molecule has 5 heteroatoms. The minimum Gasteiger partial charge on any atom is -0.322 e. The highest BCUT2D eigenvalue weighted by Gasteiger charge is 2.51. The number of anilines is 1. The number of hydrogen-bond acceptors (Lipinski definition) is 3. The molecule has 1 aromatic carbocycles. The first kappa shape index (κ1) is 21.8. The number of hydrogen-bond donors (Lipinski definition) is 1. The lowest BCUT2D eigenvalue weighted by atomic mass is 9.49. The van der Waals surface area contributed by atoms with E-state index in [1.165, 1.54) is 17.7 Å². The van der Waals surface area contributed by atoms with Gasteiger partial charge in [-0.2, -0.15) is 0 Å². The monoisotopic (exact) mass is 427 g/mol. The SMILES string of the molecule is CCN(C(=O)Nc1cccc(SC)c1)C1CCN(CC2=CCC3CC2C3(C)C)CC1. The topological polar surface area (TPSA) is 35.6 Å². The van der Waals surface area contributed by atoms with Crippen LogP contribution in [0.4, 0.5) is 10.5 Å². The van der Waals surface area contributed by atoms with E-state index >= 15 is 0 Å². The number of likely N-dealkylation sites (tertiary alicyclic amines) is 1. The van der Waals surface area contributed by atoms with E-state index in [4.69, 9.17) is 0 Å². The predicted molar refractivity (Wildman–Crippen MR) is 127 cm³/mol. The quantitative estimate of drug-likeness (QED) is 0.466. The van der Waals surface area contributed by atoms with Gasteiger partial charge >= 0.3 is 6.03 Å². The Morgan fingerprint density at radius 3 is 2.70 bits per heavy atom. The van der Waals surface area contributed by atoms with Crippen LogP contribution in [0.2, 0.25) is 0 Å². The smallest absolute Gasteiger partial charge is 0.322 e. The molecule has 2 unspecified atom stereocenters. The summed E-state index contributed by atoms with van der Waals surface area (Å²) in [5.41, 5.74) is 3.07. The van der Waals surface area contributed by atoms with Crippen molar-refractivity contribution in [3.63, 3.8) is 0 Å². The van der Waals surface area contributed by atoms with E-state index in [-0.39, 0.29) is 6.03 Å². The van der Waals surface area contributed by atoms with E-state index in [1.54, 1.807) is 17.3 Å². The van der Waals surface area contributed by atoms with Crippen molar-refractivity contribution in [2.24, 2.45) is 17.3 Å². The van der Waals surface area contributed by atoms with Crippen molar-refractivity contribution in [2.75, 3.05) is 37.8 Å². The maximum Gasteiger partial charge on any atom is 0.322 e. The van der Waals surface area contributed by atoms with Gasteiger partial charge in [-0.1, -0.05) is 31.6 Å². The van der Waals surface area contributed by atoms with Gasteiger partial charge in [-0.15, -0.1) is 11.8 Å². The Labute approximate surface area is 186 Å².